The highest BCUT2D eigenvalue weighted by molar-refractivity contribution is 7.89. The molecule has 3 heterocycles. The van der Waals surface area contributed by atoms with E-state index in [0.29, 0.717) is 41.8 Å². The number of aromatic nitrogens is 1. The van der Waals surface area contributed by atoms with Crippen LogP contribution in [0.15, 0.2) is 28.5 Å². The Morgan fingerprint density at radius 2 is 1.73 bits per heavy atom. The number of hydrogen-bond donors (Lipinski definition) is 0. The molecular formula is C23H28N4O4S2. The number of hydrogen-bond acceptors (Lipinski definition) is 6. The maximum absolute atomic E-state index is 13.2. The van der Waals surface area contributed by atoms with Crippen LogP contribution in [0, 0.1) is 0 Å². The quantitative estimate of drug-likeness (QED) is 0.644. The van der Waals surface area contributed by atoms with Crippen LogP contribution < -0.4 is 4.90 Å². The summed E-state index contributed by atoms with van der Waals surface area (Å²) >= 11 is 1.39. The standard InChI is InChI=1S/C23H28N4O4S2/c28-21-6-3-9-27(21)23-24-19(16-32-23)15-22(29)25-10-12-26(13-11-25)33(30,31)20-8-7-17-4-1-2-5-18(17)14-20/h7-8,14,16H,1-6,9-13,15H2. The molecule has 2 saturated heterocycles. The molecule has 0 atom stereocenters. The largest absolute Gasteiger partial charge is 0.340 e. The third-order valence-electron chi connectivity index (χ3n) is 6.73. The third-order valence-corrected chi connectivity index (χ3v) is 9.53. The lowest BCUT2D eigenvalue weighted by Crippen LogP contribution is -2.50. The van der Waals surface area contributed by atoms with Gasteiger partial charge in [0, 0.05) is 44.5 Å². The monoisotopic (exact) mass is 488 g/mol. The summed E-state index contributed by atoms with van der Waals surface area (Å²) < 4.78 is 27.8. The fourth-order valence-corrected chi connectivity index (χ4v) is 7.16. The average molecular weight is 489 g/mol. The van der Waals surface area contributed by atoms with Gasteiger partial charge in [0.15, 0.2) is 5.13 Å². The van der Waals surface area contributed by atoms with Crippen molar-refractivity contribution in [3.63, 3.8) is 0 Å². The Hall–Kier alpha value is -2.30. The number of fused-ring (bicyclic) bond motifs is 1. The van der Waals surface area contributed by atoms with Crippen molar-refractivity contribution < 1.29 is 18.0 Å². The number of nitrogens with zero attached hydrogens (tertiary/aromatic N) is 4. The van der Waals surface area contributed by atoms with Crippen LogP contribution in [0.4, 0.5) is 5.13 Å². The van der Waals surface area contributed by atoms with Crippen molar-refractivity contribution in [1.29, 1.82) is 0 Å². The lowest BCUT2D eigenvalue weighted by Gasteiger charge is -2.34. The van der Waals surface area contributed by atoms with Gasteiger partial charge in [-0.2, -0.15) is 4.31 Å². The summed E-state index contributed by atoms with van der Waals surface area (Å²) in [5.74, 6) is 0.0175. The summed E-state index contributed by atoms with van der Waals surface area (Å²) in [6.45, 7) is 1.99. The van der Waals surface area contributed by atoms with E-state index in [9.17, 15) is 18.0 Å². The molecule has 2 aliphatic heterocycles. The maximum Gasteiger partial charge on any atom is 0.243 e. The van der Waals surface area contributed by atoms with E-state index in [1.54, 1.807) is 15.9 Å². The molecule has 0 N–H and O–H groups in total. The van der Waals surface area contributed by atoms with E-state index in [2.05, 4.69) is 4.98 Å². The zero-order chi connectivity index (χ0) is 23.0. The summed E-state index contributed by atoms with van der Waals surface area (Å²) in [5.41, 5.74) is 3.06. The van der Waals surface area contributed by atoms with E-state index < -0.39 is 10.0 Å². The Labute approximate surface area is 198 Å². The molecule has 5 rings (SSSR count). The van der Waals surface area contributed by atoms with E-state index in [4.69, 9.17) is 0 Å². The number of carbonyl (C=O) groups is 2. The number of amides is 2. The van der Waals surface area contributed by atoms with Gasteiger partial charge in [0.1, 0.15) is 0 Å². The first-order chi connectivity index (χ1) is 15.9. The van der Waals surface area contributed by atoms with Gasteiger partial charge in [-0.3, -0.25) is 14.5 Å². The van der Waals surface area contributed by atoms with Gasteiger partial charge in [-0.25, -0.2) is 13.4 Å². The molecule has 8 nitrogen and oxygen atoms in total. The van der Waals surface area contributed by atoms with Crippen molar-refractivity contribution in [2.75, 3.05) is 37.6 Å². The van der Waals surface area contributed by atoms with Crippen molar-refractivity contribution in [2.24, 2.45) is 0 Å². The number of aryl methyl sites for hydroxylation is 2. The molecule has 2 aromatic rings. The zero-order valence-electron chi connectivity index (χ0n) is 18.5. The molecule has 1 aromatic carbocycles. The highest BCUT2D eigenvalue weighted by atomic mass is 32.2. The SMILES string of the molecule is O=C(Cc1csc(N2CCCC2=O)n1)N1CCN(S(=O)(=O)c2ccc3c(c2)CCCC3)CC1. The second kappa shape index (κ2) is 9.15. The van der Waals surface area contributed by atoms with Crippen LogP contribution in [0.25, 0.3) is 0 Å². The Morgan fingerprint density at radius 3 is 2.45 bits per heavy atom. The van der Waals surface area contributed by atoms with E-state index >= 15 is 0 Å². The van der Waals surface area contributed by atoms with Gasteiger partial charge in [0.05, 0.1) is 17.0 Å². The average Bonchev–Trinajstić information content (AvgIpc) is 3.47. The molecule has 176 valence electrons. The van der Waals surface area contributed by atoms with Gasteiger partial charge in [-0.05, 0) is 55.4 Å². The minimum Gasteiger partial charge on any atom is -0.340 e. The fraction of sp³-hybridized carbons (Fsp3) is 0.522. The zero-order valence-corrected chi connectivity index (χ0v) is 20.2. The Kier molecular flexibility index (Phi) is 6.24. The van der Waals surface area contributed by atoms with Crippen molar-refractivity contribution in [3.05, 3.63) is 40.4 Å². The van der Waals surface area contributed by atoms with Gasteiger partial charge in [-0.1, -0.05) is 6.07 Å². The molecule has 3 aliphatic rings. The number of thiazole rings is 1. The van der Waals surface area contributed by atoms with E-state index in [1.165, 1.54) is 21.2 Å². The Morgan fingerprint density at radius 1 is 0.970 bits per heavy atom. The van der Waals surface area contributed by atoms with Gasteiger partial charge in [0.2, 0.25) is 21.8 Å². The van der Waals surface area contributed by atoms with Crippen LogP contribution in [0.3, 0.4) is 0 Å². The Balaban J connectivity index is 1.19. The van der Waals surface area contributed by atoms with Gasteiger partial charge >= 0.3 is 0 Å². The minimum atomic E-state index is -3.57. The predicted molar refractivity (Wildman–Crippen MR) is 126 cm³/mol. The van der Waals surface area contributed by atoms with Crippen LogP contribution in [0.1, 0.15) is 42.5 Å². The molecule has 0 bridgehead atoms. The van der Waals surface area contributed by atoms with Gasteiger partial charge < -0.3 is 4.90 Å². The molecule has 33 heavy (non-hydrogen) atoms. The predicted octanol–water partition coefficient (Wildman–Crippen LogP) is 2.22. The molecule has 10 heteroatoms. The number of sulfonamides is 1. The van der Waals surface area contributed by atoms with Crippen LogP contribution in [-0.4, -0.2) is 67.1 Å². The van der Waals surface area contributed by atoms with E-state index in [0.717, 1.165) is 37.7 Å². The lowest BCUT2D eigenvalue weighted by molar-refractivity contribution is -0.131. The summed E-state index contributed by atoms with van der Waals surface area (Å²) in [7, 11) is -3.57. The highest BCUT2D eigenvalue weighted by Gasteiger charge is 2.31. The van der Waals surface area contributed by atoms with Crippen LogP contribution >= 0.6 is 11.3 Å². The number of carbonyl (C=O) groups excluding carboxylic acids is 2. The van der Waals surface area contributed by atoms with E-state index in [-0.39, 0.29) is 31.3 Å². The summed E-state index contributed by atoms with van der Waals surface area (Å²) in [4.78, 5) is 32.9. The molecule has 0 radical (unpaired) electrons. The van der Waals surface area contributed by atoms with Crippen molar-refractivity contribution in [2.45, 2.75) is 49.8 Å². The molecular weight excluding hydrogens is 460 g/mol. The molecule has 0 saturated carbocycles. The van der Waals surface area contributed by atoms with E-state index in [1.807, 2.05) is 17.5 Å². The first-order valence-corrected chi connectivity index (χ1v) is 13.9. The lowest BCUT2D eigenvalue weighted by atomic mass is 9.92. The van der Waals surface area contributed by atoms with Gasteiger partial charge in [0.25, 0.3) is 0 Å². The maximum atomic E-state index is 13.2. The first kappa shape index (κ1) is 22.5. The first-order valence-electron chi connectivity index (χ1n) is 11.6. The molecule has 2 amide bonds. The number of rotatable bonds is 5. The second-order valence-corrected chi connectivity index (χ2v) is 11.6. The van der Waals surface area contributed by atoms with Crippen molar-refractivity contribution >= 4 is 38.3 Å². The number of anilines is 1. The smallest absolute Gasteiger partial charge is 0.243 e. The van der Waals surface area contributed by atoms with Crippen LogP contribution in [0.2, 0.25) is 0 Å². The summed E-state index contributed by atoms with van der Waals surface area (Å²) in [6.07, 6.45) is 5.77. The normalized spacial score (nSPS) is 19.7. The summed E-state index contributed by atoms with van der Waals surface area (Å²) in [6, 6.07) is 5.52. The summed E-state index contributed by atoms with van der Waals surface area (Å²) in [5, 5.41) is 2.48. The molecule has 1 aliphatic carbocycles. The minimum absolute atomic E-state index is 0.0644. The number of benzene rings is 1. The highest BCUT2D eigenvalue weighted by Crippen LogP contribution is 2.27. The fourth-order valence-electron chi connectivity index (χ4n) is 4.82. The van der Waals surface area contributed by atoms with Crippen LogP contribution in [0.5, 0.6) is 0 Å². The third kappa shape index (κ3) is 4.56. The Bertz CT molecular complexity index is 1170. The van der Waals surface area contributed by atoms with Gasteiger partial charge in [-0.15, -0.1) is 11.3 Å². The molecule has 1 aromatic heterocycles. The molecule has 0 unspecified atom stereocenters. The second-order valence-electron chi connectivity index (χ2n) is 8.87. The van der Waals surface area contributed by atoms with Crippen molar-refractivity contribution in [1.82, 2.24) is 14.2 Å². The number of piperazine rings is 1. The van der Waals surface area contributed by atoms with Crippen molar-refractivity contribution in [3.8, 4) is 0 Å². The van der Waals surface area contributed by atoms with Crippen LogP contribution in [-0.2, 0) is 38.9 Å². The molecule has 2 fully saturated rings. The molecule has 0 spiro atoms. The topological polar surface area (TPSA) is 90.9 Å².